The number of rotatable bonds is 4. The minimum absolute atomic E-state index is 0. The van der Waals surface area contributed by atoms with E-state index >= 15 is 0 Å². The fourth-order valence-corrected chi connectivity index (χ4v) is 0.214. The maximum absolute atomic E-state index is 9.64. The van der Waals surface area contributed by atoms with Gasteiger partial charge in [-0.2, -0.15) is 0 Å². The van der Waals surface area contributed by atoms with Gasteiger partial charge in [0.05, 0.1) is 12.8 Å². The van der Waals surface area contributed by atoms with Crippen LogP contribution in [0.5, 0.6) is 0 Å². The molecule has 0 unspecified atom stereocenters. The fourth-order valence-electron chi connectivity index (χ4n) is 0.214. The number of hydrogen-bond donors (Lipinski definition) is 6. The van der Waals surface area contributed by atoms with Crippen LogP contribution in [0.3, 0.4) is 0 Å². The molecule has 0 aromatic carbocycles. The van der Waals surface area contributed by atoms with Gasteiger partial charge in [-0.3, -0.25) is 19.2 Å². The van der Waals surface area contributed by atoms with Crippen LogP contribution >= 0.6 is 0 Å². The Labute approximate surface area is 205 Å². The van der Waals surface area contributed by atoms with E-state index in [1.807, 2.05) is 0 Å². The van der Waals surface area contributed by atoms with Crippen molar-refractivity contribution in [3.8, 4) is 0 Å². The quantitative estimate of drug-likeness (QED) is 0.258. The molecule has 0 aliphatic carbocycles. The largest absolute Gasteiger partial charge is 1.00 e. The number of hydrogen-bond acceptors (Lipinski definition) is 6. The topological polar surface area (TPSA) is 201 Å². The van der Waals surface area contributed by atoms with Gasteiger partial charge in [0.2, 0.25) is 0 Å². The van der Waals surface area contributed by atoms with Gasteiger partial charge in [0.25, 0.3) is 11.9 Å². The zero-order chi connectivity index (χ0) is 17.1. The predicted octanol–water partition coefficient (Wildman–Crippen LogP) is -9.63. The molecule has 0 spiro atoms. The third-order valence-electron chi connectivity index (χ3n) is 0.719. The van der Waals surface area contributed by atoms with E-state index in [1.165, 1.54) is 0 Å². The molecule has 0 heterocycles. The Balaban J connectivity index is -0.0000000160. The molecular formula is C10H25N2Na3O8. The van der Waals surface area contributed by atoms with Gasteiger partial charge < -0.3 is 36.2 Å². The van der Waals surface area contributed by atoms with Gasteiger partial charge in [0.1, 0.15) is 0 Å². The van der Waals surface area contributed by atoms with Gasteiger partial charge in [0, 0.05) is 26.9 Å². The molecule has 0 atom stereocenters. The summed E-state index contributed by atoms with van der Waals surface area (Å²) in [5, 5.41) is 30.6. The molecule has 0 aliphatic rings. The van der Waals surface area contributed by atoms with Crippen molar-refractivity contribution in [3.63, 3.8) is 0 Å². The first-order valence-electron chi connectivity index (χ1n) is 5.23. The molecule has 0 amide bonds. The zero-order valence-electron chi connectivity index (χ0n) is 17.4. The molecule has 0 saturated heterocycles. The van der Waals surface area contributed by atoms with Crippen LogP contribution in [0.1, 0.15) is 31.0 Å². The van der Waals surface area contributed by atoms with Crippen LogP contribution in [0.25, 0.3) is 0 Å². The first-order chi connectivity index (χ1) is 9.00. The summed E-state index contributed by atoms with van der Waals surface area (Å²) in [4.78, 5) is 37.3. The Morgan fingerprint density at radius 2 is 0.826 bits per heavy atom. The summed E-state index contributed by atoms with van der Waals surface area (Å²) >= 11 is 0. The van der Waals surface area contributed by atoms with E-state index < -0.39 is 23.9 Å². The molecule has 0 bridgehead atoms. The predicted molar refractivity (Wildman–Crippen MR) is 72.6 cm³/mol. The molecule has 23 heavy (non-hydrogen) atoms. The second kappa shape index (κ2) is 38.4. The van der Waals surface area contributed by atoms with E-state index in [9.17, 15) is 9.59 Å². The number of carbonyl (C=O) groups is 4. The third kappa shape index (κ3) is 213. The van der Waals surface area contributed by atoms with Crippen molar-refractivity contribution in [1.29, 1.82) is 0 Å². The van der Waals surface area contributed by atoms with Crippen LogP contribution in [0.2, 0.25) is 0 Å². The molecule has 0 fully saturated rings. The summed E-state index contributed by atoms with van der Waals surface area (Å²) in [7, 11) is 0. The van der Waals surface area contributed by atoms with Crippen LogP contribution < -0.4 is 100 Å². The van der Waals surface area contributed by atoms with E-state index in [0.29, 0.717) is 13.1 Å². The van der Waals surface area contributed by atoms with Crippen LogP contribution in [0.4, 0.5) is 0 Å². The summed E-state index contributed by atoms with van der Waals surface area (Å²) in [6.07, 6.45) is -0.593. The Morgan fingerprint density at radius 1 is 0.696 bits per heavy atom. The summed E-state index contributed by atoms with van der Waals surface area (Å²) in [5.74, 6) is -3.82. The summed E-state index contributed by atoms with van der Waals surface area (Å²) < 4.78 is 0. The van der Waals surface area contributed by atoms with E-state index in [2.05, 4.69) is 0 Å². The number of nitrogens with two attached hydrogens (primary N) is 2. The molecule has 0 aromatic rings. The number of aliphatic carboxylic acids is 4. The first-order valence-corrected chi connectivity index (χ1v) is 5.23. The van der Waals surface area contributed by atoms with E-state index in [1.54, 1.807) is 0 Å². The van der Waals surface area contributed by atoms with Gasteiger partial charge in [0.15, 0.2) is 0 Å². The van der Waals surface area contributed by atoms with Crippen molar-refractivity contribution in [3.05, 3.63) is 0 Å². The van der Waals surface area contributed by atoms with E-state index in [0.717, 1.165) is 13.8 Å². The third-order valence-corrected chi connectivity index (χ3v) is 0.719. The summed E-state index contributed by atoms with van der Waals surface area (Å²) in [6, 6.07) is 0. The monoisotopic (exact) mass is 370 g/mol. The van der Waals surface area contributed by atoms with Crippen molar-refractivity contribution >= 4 is 23.9 Å². The average molecular weight is 370 g/mol. The minimum atomic E-state index is -1.08. The van der Waals surface area contributed by atoms with Crippen molar-refractivity contribution in [1.82, 2.24) is 0 Å². The fraction of sp³-hybridized carbons (Fsp3) is 0.600. The van der Waals surface area contributed by atoms with Crippen LogP contribution in [-0.4, -0.2) is 57.4 Å². The molecule has 0 radical (unpaired) electrons. The normalized spacial score (nSPS) is 6.43. The number of carboxylic acids is 4. The smallest absolute Gasteiger partial charge is 1.00 e. The maximum atomic E-state index is 9.64. The van der Waals surface area contributed by atoms with E-state index in [4.69, 9.17) is 41.5 Å². The van der Waals surface area contributed by atoms with Gasteiger partial charge in [-0.1, -0.05) is 0 Å². The Kier molecular flexibility index (Phi) is 73.2. The van der Waals surface area contributed by atoms with Gasteiger partial charge in [-0.05, 0) is 0 Å². The van der Waals surface area contributed by atoms with Gasteiger partial charge in [-0.25, -0.2) is 0 Å². The second-order valence-corrected chi connectivity index (χ2v) is 2.90. The molecule has 0 aliphatic heterocycles. The maximum Gasteiger partial charge on any atom is 1.00 e. The van der Waals surface area contributed by atoms with Crippen LogP contribution in [0, 0.1) is 0 Å². The molecule has 10 nitrogen and oxygen atoms in total. The summed E-state index contributed by atoms with van der Waals surface area (Å²) in [5.41, 5.74) is 9.81. The average Bonchev–Trinajstić information content (AvgIpc) is 2.25. The molecule has 0 aromatic heterocycles. The molecule has 126 valence electrons. The van der Waals surface area contributed by atoms with Crippen molar-refractivity contribution in [2.24, 2.45) is 11.5 Å². The molecule has 0 saturated carbocycles. The van der Waals surface area contributed by atoms with Gasteiger partial charge in [-0.15, -0.1) is 0 Å². The van der Waals surface area contributed by atoms with Crippen molar-refractivity contribution < 1.29 is 133 Å². The Bertz CT molecular complexity index is 271. The van der Waals surface area contributed by atoms with Gasteiger partial charge >= 0.3 is 101 Å². The Hall–Kier alpha value is 0.800. The summed E-state index contributed by atoms with van der Waals surface area (Å²) in [6.45, 7) is 3.36. The van der Waals surface area contributed by atoms with E-state index in [-0.39, 0.29) is 106 Å². The second-order valence-electron chi connectivity index (χ2n) is 2.90. The standard InChI is InChI=1S/C4H6O4.C2H8N2.2C2H4O2.3Na.3H/c5-3(6)1-2-4(7)8;3-1-2-4;2*1-2(3)4;;;;;;/h1-2H2,(H,5,6)(H,7,8);1-4H2;2*1H3,(H,3,4);;;;;;/q;;;;3*+1;3*-1. The number of carboxylic acid groups (broad SMARTS) is 4. The SMILES string of the molecule is CC(=O)O.CC(=O)O.NCCN.O=C(O)CCC(=O)O.[H-].[H-].[H-].[Na+].[Na+].[Na+]. The van der Waals surface area contributed by atoms with Crippen LogP contribution in [0.15, 0.2) is 0 Å². The van der Waals surface area contributed by atoms with Crippen molar-refractivity contribution in [2.75, 3.05) is 13.1 Å². The molecule has 8 N–H and O–H groups in total. The molecular weight excluding hydrogens is 345 g/mol. The Morgan fingerprint density at radius 3 is 0.870 bits per heavy atom. The van der Waals surface area contributed by atoms with Crippen molar-refractivity contribution in [2.45, 2.75) is 26.7 Å². The van der Waals surface area contributed by atoms with Crippen LogP contribution in [-0.2, 0) is 19.2 Å². The minimum Gasteiger partial charge on any atom is -1.00 e. The molecule has 0 rings (SSSR count). The molecule has 13 heteroatoms. The zero-order valence-corrected chi connectivity index (χ0v) is 20.4. The first kappa shape index (κ1) is 43.8.